The first-order valence-electron chi connectivity index (χ1n) is 10.3. The van der Waals surface area contributed by atoms with Crippen LogP contribution in [-0.4, -0.2) is 35.3 Å². The Morgan fingerprint density at radius 1 is 1.10 bits per heavy atom. The highest BCUT2D eigenvalue weighted by atomic mass is 16.2. The zero-order valence-corrected chi connectivity index (χ0v) is 16.9. The fourth-order valence-electron chi connectivity index (χ4n) is 4.51. The maximum absolute atomic E-state index is 13.2. The molecule has 1 atom stereocenters. The normalized spacial score (nSPS) is 27.2. The largest absolute Gasteiger partial charge is 0.352 e. The quantitative estimate of drug-likeness (QED) is 0.783. The van der Waals surface area contributed by atoms with Crippen LogP contribution in [0.15, 0.2) is 42.5 Å². The number of nitrogens with zero attached hydrogens (tertiary/aromatic N) is 1. The minimum Gasteiger partial charge on any atom is -0.352 e. The van der Waals surface area contributed by atoms with Crippen molar-refractivity contribution in [1.82, 2.24) is 15.5 Å². The summed E-state index contributed by atoms with van der Waals surface area (Å²) in [4.78, 5) is 39.4. The van der Waals surface area contributed by atoms with Gasteiger partial charge in [-0.15, -0.1) is 0 Å². The second-order valence-electron chi connectivity index (χ2n) is 8.50. The van der Waals surface area contributed by atoms with Crippen molar-refractivity contribution in [3.63, 3.8) is 0 Å². The summed E-state index contributed by atoms with van der Waals surface area (Å²) in [5.74, 6) is 0.0111. The monoisotopic (exact) mass is 393 g/mol. The van der Waals surface area contributed by atoms with Crippen LogP contribution < -0.4 is 10.6 Å². The molecule has 1 saturated heterocycles. The van der Waals surface area contributed by atoms with E-state index in [2.05, 4.69) is 17.6 Å². The maximum Gasteiger partial charge on any atom is 0.325 e. The zero-order valence-electron chi connectivity index (χ0n) is 16.9. The molecule has 2 aromatic carbocycles. The number of carbonyl (C=O) groups is 3. The van der Waals surface area contributed by atoms with Gasteiger partial charge in [-0.1, -0.05) is 49.4 Å². The molecule has 1 heterocycles. The van der Waals surface area contributed by atoms with E-state index in [1.54, 1.807) is 6.92 Å². The van der Waals surface area contributed by atoms with E-state index in [1.807, 2.05) is 42.5 Å². The molecule has 4 amide bonds. The lowest BCUT2D eigenvalue weighted by molar-refractivity contribution is -0.135. The lowest BCUT2D eigenvalue weighted by Gasteiger charge is -2.27. The van der Waals surface area contributed by atoms with Crippen molar-refractivity contribution in [2.45, 2.75) is 51.1 Å². The number of carbonyl (C=O) groups excluding carboxylic acids is 3. The highest BCUT2D eigenvalue weighted by Crippen LogP contribution is 2.33. The van der Waals surface area contributed by atoms with Gasteiger partial charge in [-0.3, -0.25) is 14.5 Å². The summed E-state index contributed by atoms with van der Waals surface area (Å²) in [5, 5.41) is 7.71. The Labute approximate surface area is 170 Å². The average molecular weight is 393 g/mol. The molecule has 0 unspecified atom stereocenters. The van der Waals surface area contributed by atoms with Gasteiger partial charge in [0.15, 0.2) is 0 Å². The molecule has 2 fully saturated rings. The molecule has 2 aliphatic rings. The molecule has 4 rings (SSSR count). The van der Waals surface area contributed by atoms with Crippen LogP contribution in [0.5, 0.6) is 0 Å². The molecule has 0 aromatic heterocycles. The van der Waals surface area contributed by atoms with Crippen LogP contribution >= 0.6 is 0 Å². The van der Waals surface area contributed by atoms with Gasteiger partial charge in [-0.05, 0) is 54.9 Å². The summed E-state index contributed by atoms with van der Waals surface area (Å²) in [5.41, 5.74) is -0.462. The Hall–Kier alpha value is -2.89. The van der Waals surface area contributed by atoms with E-state index in [1.165, 1.54) is 0 Å². The van der Waals surface area contributed by atoms with Gasteiger partial charge < -0.3 is 10.6 Å². The van der Waals surface area contributed by atoms with Gasteiger partial charge in [0.05, 0.1) is 0 Å². The summed E-state index contributed by atoms with van der Waals surface area (Å²) >= 11 is 0. The van der Waals surface area contributed by atoms with Gasteiger partial charge in [0.1, 0.15) is 12.1 Å². The lowest BCUT2D eigenvalue weighted by Crippen LogP contribution is -2.46. The SMILES string of the molecule is CC1CCC(NC(=O)CN2C(=O)N[C@](C)(c3cccc4ccccc34)C2=O)CC1. The van der Waals surface area contributed by atoms with Crippen LogP contribution in [0.2, 0.25) is 0 Å². The number of hydrogen-bond acceptors (Lipinski definition) is 3. The molecule has 1 aliphatic heterocycles. The van der Waals surface area contributed by atoms with E-state index in [9.17, 15) is 14.4 Å². The van der Waals surface area contributed by atoms with Crippen molar-refractivity contribution in [2.75, 3.05) is 6.54 Å². The highest BCUT2D eigenvalue weighted by Gasteiger charge is 2.50. The Bertz CT molecular complexity index is 959. The summed E-state index contributed by atoms with van der Waals surface area (Å²) in [6.07, 6.45) is 4.07. The Morgan fingerprint density at radius 3 is 2.55 bits per heavy atom. The Balaban J connectivity index is 1.51. The maximum atomic E-state index is 13.2. The first-order valence-corrected chi connectivity index (χ1v) is 10.3. The third-order valence-corrected chi connectivity index (χ3v) is 6.29. The smallest absolute Gasteiger partial charge is 0.325 e. The van der Waals surface area contributed by atoms with Crippen LogP contribution in [0.25, 0.3) is 10.8 Å². The number of hydrogen-bond donors (Lipinski definition) is 2. The van der Waals surface area contributed by atoms with E-state index in [0.29, 0.717) is 5.92 Å². The number of urea groups is 1. The molecule has 1 saturated carbocycles. The van der Waals surface area contributed by atoms with Crippen LogP contribution in [-0.2, 0) is 15.1 Å². The summed E-state index contributed by atoms with van der Waals surface area (Å²) in [6, 6.07) is 13.1. The third-order valence-electron chi connectivity index (χ3n) is 6.29. The molecule has 0 bridgehead atoms. The van der Waals surface area contributed by atoms with E-state index < -0.39 is 17.5 Å². The highest BCUT2D eigenvalue weighted by molar-refractivity contribution is 6.10. The number of benzene rings is 2. The second-order valence-corrected chi connectivity index (χ2v) is 8.50. The predicted molar refractivity (Wildman–Crippen MR) is 111 cm³/mol. The van der Waals surface area contributed by atoms with Gasteiger partial charge in [-0.2, -0.15) is 0 Å². The first-order chi connectivity index (χ1) is 13.9. The van der Waals surface area contributed by atoms with E-state index in [0.717, 1.165) is 46.9 Å². The van der Waals surface area contributed by atoms with Crippen LogP contribution in [0, 0.1) is 5.92 Å². The van der Waals surface area contributed by atoms with Crippen molar-refractivity contribution in [2.24, 2.45) is 5.92 Å². The van der Waals surface area contributed by atoms with Crippen molar-refractivity contribution in [1.29, 1.82) is 0 Å². The number of amides is 4. The lowest BCUT2D eigenvalue weighted by atomic mass is 9.87. The van der Waals surface area contributed by atoms with Gasteiger partial charge in [0.25, 0.3) is 5.91 Å². The van der Waals surface area contributed by atoms with Crippen molar-refractivity contribution >= 4 is 28.6 Å². The van der Waals surface area contributed by atoms with Gasteiger partial charge in [-0.25, -0.2) is 4.79 Å². The zero-order chi connectivity index (χ0) is 20.6. The van der Waals surface area contributed by atoms with E-state index in [-0.39, 0.29) is 18.5 Å². The Kier molecular flexibility index (Phi) is 5.03. The molecule has 0 spiro atoms. The summed E-state index contributed by atoms with van der Waals surface area (Å²) in [7, 11) is 0. The predicted octanol–water partition coefficient (Wildman–Crippen LogP) is 3.30. The molecular formula is C23H27N3O3. The summed E-state index contributed by atoms with van der Waals surface area (Å²) in [6.45, 7) is 3.67. The van der Waals surface area contributed by atoms with Crippen molar-refractivity contribution in [3.05, 3.63) is 48.0 Å². The van der Waals surface area contributed by atoms with Gasteiger partial charge >= 0.3 is 6.03 Å². The number of imide groups is 1. The fraction of sp³-hybridized carbons (Fsp3) is 0.435. The molecule has 6 heteroatoms. The number of fused-ring (bicyclic) bond motifs is 1. The minimum absolute atomic E-state index is 0.129. The molecule has 6 nitrogen and oxygen atoms in total. The molecule has 2 N–H and O–H groups in total. The summed E-state index contributed by atoms with van der Waals surface area (Å²) < 4.78 is 0. The molecule has 2 aromatic rings. The van der Waals surface area contributed by atoms with Gasteiger partial charge in [0, 0.05) is 6.04 Å². The van der Waals surface area contributed by atoms with Crippen LogP contribution in [0.4, 0.5) is 4.79 Å². The third kappa shape index (κ3) is 3.59. The second kappa shape index (κ2) is 7.50. The molecule has 29 heavy (non-hydrogen) atoms. The van der Waals surface area contributed by atoms with Crippen molar-refractivity contribution in [3.8, 4) is 0 Å². The topological polar surface area (TPSA) is 78.5 Å². The van der Waals surface area contributed by atoms with Gasteiger partial charge in [0.2, 0.25) is 5.91 Å². The minimum atomic E-state index is -1.20. The van der Waals surface area contributed by atoms with Crippen molar-refractivity contribution < 1.29 is 14.4 Å². The standard InChI is InChI=1S/C23H27N3O3/c1-15-10-12-17(13-11-15)24-20(27)14-26-21(28)23(2,25-22(26)29)19-9-5-7-16-6-3-4-8-18(16)19/h3-9,15,17H,10-14H2,1-2H3,(H,24,27)(H,25,29)/t15?,17?,23-/m1/s1. The van der Waals surface area contributed by atoms with Crippen LogP contribution in [0.1, 0.15) is 45.1 Å². The molecule has 1 aliphatic carbocycles. The molecular weight excluding hydrogens is 366 g/mol. The fourth-order valence-corrected chi connectivity index (χ4v) is 4.51. The number of rotatable bonds is 4. The van der Waals surface area contributed by atoms with E-state index in [4.69, 9.17) is 0 Å². The van der Waals surface area contributed by atoms with E-state index >= 15 is 0 Å². The number of nitrogens with one attached hydrogen (secondary N) is 2. The van der Waals surface area contributed by atoms with Crippen LogP contribution in [0.3, 0.4) is 0 Å². The Morgan fingerprint density at radius 2 is 1.79 bits per heavy atom. The average Bonchev–Trinajstić information content (AvgIpc) is 2.93. The molecule has 152 valence electrons. The molecule has 0 radical (unpaired) electrons. The first kappa shape index (κ1) is 19.4.